The minimum absolute atomic E-state index is 0.558. The fourth-order valence-corrected chi connectivity index (χ4v) is 2.52. The maximum absolute atomic E-state index is 6.08. The van der Waals surface area contributed by atoms with Crippen molar-refractivity contribution in [1.29, 1.82) is 0 Å². The molecular weight excluding hydrogens is 254 g/mol. The molecule has 0 saturated heterocycles. The molecule has 0 aliphatic rings. The normalized spacial score (nSPS) is 10.5. The van der Waals surface area contributed by atoms with Crippen LogP contribution in [-0.2, 0) is 12.4 Å². The average Bonchev–Trinajstić information content (AvgIpc) is 2.46. The van der Waals surface area contributed by atoms with E-state index in [1.54, 1.807) is 0 Å². The van der Waals surface area contributed by atoms with E-state index in [0.29, 0.717) is 5.88 Å². The van der Waals surface area contributed by atoms with Gasteiger partial charge in [0.15, 0.2) is 0 Å². The van der Waals surface area contributed by atoms with Crippen LogP contribution in [-0.4, -0.2) is 6.54 Å². The first-order valence-corrected chi connectivity index (χ1v) is 7.22. The highest BCUT2D eigenvalue weighted by Crippen LogP contribution is 2.25. The van der Waals surface area contributed by atoms with Gasteiger partial charge >= 0.3 is 0 Å². The third-order valence-corrected chi connectivity index (χ3v) is 3.61. The molecule has 100 valence electrons. The highest BCUT2D eigenvalue weighted by Gasteiger charge is 2.10. The smallest absolute Gasteiger partial charge is 0.0494 e. The van der Waals surface area contributed by atoms with Crippen molar-refractivity contribution >= 4 is 17.3 Å². The number of rotatable bonds is 5. The van der Waals surface area contributed by atoms with E-state index in [2.05, 4.69) is 67.3 Å². The zero-order valence-corrected chi connectivity index (χ0v) is 12.3. The Bertz CT molecular complexity index is 522. The molecule has 0 heterocycles. The van der Waals surface area contributed by atoms with Gasteiger partial charge < -0.3 is 4.90 Å². The molecule has 0 bridgehead atoms. The van der Waals surface area contributed by atoms with E-state index < -0.39 is 0 Å². The maximum atomic E-state index is 6.08. The Morgan fingerprint density at radius 2 is 1.79 bits per heavy atom. The van der Waals surface area contributed by atoms with Gasteiger partial charge in [0.2, 0.25) is 0 Å². The van der Waals surface area contributed by atoms with Crippen molar-refractivity contribution in [3.05, 3.63) is 65.2 Å². The second-order valence-corrected chi connectivity index (χ2v) is 5.03. The lowest BCUT2D eigenvalue weighted by molar-refractivity contribution is 0.827. The molecule has 0 saturated carbocycles. The zero-order valence-electron chi connectivity index (χ0n) is 11.6. The first kappa shape index (κ1) is 14.0. The molecule has 0 aromatic heterocycles. The second kappa shape index (κ2) is 6.63. The SMILES string of the molecule is CCN(Cc1ccccc1)c1ccc(C)cc1CCl. The molecule has 0 aliphatic carbocycles. The number of benzene rings is 2. The van der Waals surface area contributed by atoms with Crippen molar-refractivity contribution in [3.63, 3.8) is 0 Å². The fourth-order valence-electron chi connectivity index (χ4n) is 2.30. The predicted octanol–water partition coefficient (Wildman–Crippen LogP) is 4.76. The number of aryl methyl sites for hydroxylation is 1. The van der Waals surface area contributed by atoms with Gasteiger partial charge in [-0.2, -0.15) is 0 Å². The number of nitrogens with zero attached hydrogens (tertiary/aromatic N) is 1. The Hall–Kier alpha value is -1.47. The lowest BCUT2D eigenvalue weighted by atomic mass is 10.1. The number of hydrogen-bond donors (Lipinski definition) is 0. The minimum atomic E-state index is 0.558. The van der Waals surface area contributed by atoms with E-state index in [9.17, 15) is 0 Å². The monoisotopic (exact) mass is 273 g/mol. The number of anilines is 1. The van der Waals surface area contributed by atoms with Crippen molar-refractivity contribution in [1.82, 2.24) is 0 Å². The van der Waals surface area contributed by atoms with Gasteiger partial charge in [-0.3, -0.25) is 0 Å². The van der Waals surface area contributed by atoms with Gasteiger partial charge in [0.05, 0.1) is 0 Å². The van der Waals surface area contributed by atoms with Crippen LogP contribution in [0.25, 0.3) is 0 Å². The molecule has 0 atom stereocenters. The van der Waals surface area contributed by atoms with E-state index in [-0.39, 0.29) is 0 Å². The highest BCUT2D eigenvalue weighted by atomic mass is 35.5. The highest BCUT2D eigenvalue weighted by molar-refractivity contribution is 6.17. The van der Waals surface area contributed by atoms with Gasteiger partial charge in [0, 0.05) is 24.7 Å². The molecule has 0 aliphatic heterocycles. The first-order chi connectivity index (χ1) is 9.24. The van der Waals surface area contributed by atoms with E-state index in [1.807, 2.05) is 0 Å². The van der Waals surface area contributed by atoms with Gasteiger partial charge in [-0.05, 0) is 31.0 Å². The zero-order chi connectivity index (χ0) is 13.7. The Kier molecular flexibility index (Phi) is 4.86. The van der Waals surface area contributed by atoms with Crippen LogP contribution in [0.4, 0.5) is 5.69 Å². The summed E-state index contributed by atoms with van der Waals surface area (Å²) in [6.45, 7) is 6.18. The lowest BCUT2D eigenvalue weighted by Gasteiger charge is -2.26. The molecule has 2 aromatic carbocycles. The van der Waals surface area contributed by atoms with E-state index in [0.717, 1.165) is 13.1 Å². The van der Waals surface area contributed by atoms with Gasteiger partial charge in [0.25, 0.3) is 0 Å². The van der Waals surface area contributed by atoms with Crippen LogP contribution in [0.15, 0.2) is 48.5 Å². The Labute approximate surface area is 120 Å². The van der Waals surface area contributed by atoms with Crippen molar-refractivity contribution < 1.29 is 0 Å². The van der Waals surface area contributed by atoms with E-state index in [4.69, 9.17) is 11.6 Å². The molecular formula is C17H20ClN. The summed E-state index contributed by atoms with van der Waals surface area (Å²) in [7, 11) is 0. The number of halogens is 1. The quantitative estimate of drug-likeness (QED) is 0.710. The standard InChI is InChI=1S/C17H20ClN/c1-3-19(13-15-7-5-4-6-8-15)17-10-9-14(2)11-16(17)12-18/h4-11H,3,12-13H2,1-2H3. The average molecular weight is 274 g/mol. The van der Waals surface area contributed by atoms with Crippen LogP contribution in [0.3, 0.4) is 0 Å². The molecule has 0 radical (unpaired) electrons. The van der Waals surface area contributed by atoms with Crippen molar-refractivity contribution in [3.8, 4) is 0 Å². The molecule has 0 spiro atoms. The summed E-state index contributed by atoms with van der Waals surface area (Å²) < 4.78 is 0. The van der Waals surface area contributed by atoms with Crippen LogP contribution >= 0.6 is 11.6 Å². The fraction of sp³-hybridized carbons (Fsp3) is 0.294. The summed E-state index contributed by atoms with van der Waals surface area (Å²) in [5, 5.41) is 0. The molecule has 2 aromatic rings. The number of alkyl halides is 1. The van der Waals surface area contributed by atoms with Crippen LogP contribution in [0.1, 0.15) is 23.6 Å². The largest absolute Gasteiger partial charge is 0.367 e. The lowest BCUT2D eigenvalue weighted by Crippen LogP contribution is -2.23. The van der Waals surface area contributed by atoms with E-state index in [1.165, 1.54) is 22.4 Å². The molecule has 1 nitrogen and oxygen atoms in total. The van der Waals surface area contributed by atoms with Gasteiger partial charge in [-0.25, -0.2) is 0 Å². The third-order valence-electron chi connectivity index (χ3n) is 3.32. The van der Waals surface area contributed by atoms with Gasteiger partial charge in [-0.15, -0.1) is 11.6 Å². The summed E-state index contributed by atoms with van der Waals surface area (Å²) in [5.74, 6) is 0.558. The minimum Gasteiger partial charge on any atom is -0.367 e. The summed E-state index contributed by atoms with van der Waals surface area (Å²) in [6, 6.07) is 17.1. The van der Waals surface area contributed by atoms with Gasteiger partial charge in [-0.1, -0.05) is 48.0 Å². The van der Waals surface area contributed by atoms with Crippen molar-refractivity contribution in [2.75, 3.05) is 11.4 Å². The first-order valence-electron chi connectivity index (χ1n) is 6.69. The molecule has 19 heavy (non-hydrogen) atoms. The molecule has 0 unspecified atom stereocenters. The topological polar surface area (TPSA) is 3.24 Å². The molecule has 0 amide bonds. The van der Waals surface area contributed by atoms with Crippen LogP contribution in [0.5, 0.6) is 0 Å². The molecule has 2 rings (SSSR count). The molecule has 2 heteroatoms. The van der Waals surface area contributed by atoms with Crippen molar-refractivity contribution in [2.24, 2.45) is 0 Å². The Morgan fingerprint density at radius 3 is 2.42 bits per heavy atom. The summed E-state index contributed by atoms with van der Waals surface area (Å²) in [5.41, 5.74) is 5.03. The molecule has 0 fully saturated rings. The summed E-state index contributed by atoms with van der Waals surface area (Å²) in [6.07, 6.45) is 0. The molecule has 0 N–H and O–H groups in total. The van der Waals surface area contributed by atoms with Crippen LogP contribution < -0.4 is 4.90 Å². The maximum Gasteiger partial charge on any atom is 0.0494 e. The summed E-state index contributed by atoms with van der Waals surface area (Å²) in [4.78, 5) is 2.37. The van der Waals surface area contributed by atoms with Crippen LogP contribution in [0, 0.1) is 6.92 Å². The van der Waals surface area contributed by atoms with Crippen molar-refractivity contribution in [2.45, 2.75) is 26.3 Å². The predicted molar refractivity (Wildman–Crippen MR) is 83.9 cm³/mol. The Balaban J connectivity index is 2.27. The van der Waals surface area contributed by atoms with Gasteiger partial charge in [0.1, 0.15) is 0 Å². The Morgan fingerprint density at radius 1 is 1.05 bits per heavy atom. The third kappa shape index (κ3) is 3.51. The van der Waals surface area contributed by atoms with Crippen LogP contribution in [0.2, 0.25) is 0 Å². The van der Waals surface area contributed by atoms with E-state index >= 15 is 0 Å². The number of hydrogen-bond acceptors (Lipinski definition) is 1. The summed E-state index contributed by atoms with van der Waals surface area (Å²) >= 11 is 6.08. The second-order valence-electron chi connectivity index (χ2n) is 4.77.